The van der Waals surface area contributed by atoms with E-state index in [4.69, 9.17) is 5.11 Å². The Morgan fingerprint density at radius 1 is 1.47 bits per heavy atom. The summed E-state index contributed by atoms with van der Waals surface area (Å²) in [6.07, 6.45) is 1.60. The van der Waals surface area contributed by atoms with Gasteiger partial charge in [0.15, 0.2) is 5.75 Å². The lowest BCUT2D eigenvalue weighted by Crippen LogP contribution is -2.22. The molecule has 0 bridgehead atoms. The Morgan fingerprint density at radius 3 is 2.94 bits per heavy atom. The van der Waals surface area contributed by atoms with E-state index in [2.05, 4.69) is 14.9 Å². The predicted octanol–water partition coefficient (Wildman–Crippen LogP) is 0.389. The molecule has 1 aromatic carbocycles. The molecule has 0 unspecified atom stereocenters. The molecular formula is C9H9N3O4S. The highest BCUT2D eigenvalue weighted by molar-refractivity contribution is 7.93. The molecule has 0 spiro atoms. The maximum atomic E-state index is 11.4. The van der Waals surface area contributed by atoms with E-state index in [0.29, 0.717) is 11.2 Å². The van der Waals surface area contributed by atoms with E-state index < -0.39 is 21.7 Å². The summed E-state index contributed by atoms with van der Waals surface area (Å²) in [5.41, 5.74) is 0.962. The number of aliphatic carboxylic acids is 1. The first-order valence-electron chi connectivity index (χ1n) is 4.62. The van der Waals surface area contributed by atoms with Crippen molar-refractivity contribution >= 4 is 32.6 Å². The summed E-state index contributed by atoms with van der Waals surface area (Å²) in [7, 11) is -3.87. The molecule has 0 atom stereocenters. The van der Waals surface area contributed by atoms with Crippen molar-refractivity contribution in [1.29, 1.82) is 0 Å². The van der Waals surface area contributed by atoms with Gasteiger partial charge in [-0.1, -0.05) is 0 Å². The van der Waals surface area contributed by atoms with Crippen LogP contribution in [0.15, 0.2) is 24.4 Å². The number of carbonyl (C=O) groups is 1. The highest BCUT2D eigenvalue weighted by Crippen LogP contribution is 2.17. The average Bonchev–Trinajstić information content (AvgIpc) is 2.61. The topological polar surface area (TPSA) is 112 Å². The zero-order valence-corrected chi connectivity index (χ0v) is 9.36. The van der Waals surface area contributed by atoms with Gasteiger partial charge in [-0.2, -0.15) is 5.10 Å². The monoisotopic (exact) mass is 255 g/mol. The van der Waals surface area contributed by atoms with E-state index in [0.717, 1.165) is 5.39 Å². The fourth-order valence-electron chi connectivity index (χ4n) is 1.38. The van der Waals surface area contributed by atoms with Crippen molar-refractivity contribution in [2.45, 2.75) is 0 Å². The van der Waals surface area contributed by atoms with Gasteiger partial charge in [0, 0.05) is 5.39 Å². The molecule has 0 aliphatic carbocycles. The molecule has 3 N–H and O–H groups in total. The maximum Gasteiger partial charge on any atom is 0.320 e. The smallest absolute Gasteiger partial charge is 0.320 e. The molecule has 90 valence electrons. The highest BCUT2D eigenvalue weighted by atomic mass is 32.2. The van der Waals surface area contributed by atoms with Gasteiger partial charge in [-0.25, -0.2) is 8.42 Å². The quantitative estimate of drug-likeness (QED) is 0.731. The van der Waals surface area contributed by atoms with Crippen LogP contribution in [0.5, 0.6) is 0 Å². The molecule has 8 heteroatoms. The van der Waals surface area contributed by atoms with Crippen LogP contribution in [0.3, 0.4) is 0 Å². The third-order valence-corrected chi connectivity index (χ3v) is 3.20. The molecule has 0 amide bonds. The fourth-order valence-corrected chi connectivity index (χ4v) is 2.26. The van der Waals surface area contributed by atoms with Crippen molar-refractivity contribution in [3.05, 3.63) is 24.4 Å². The molecule has 0 saturated carbocycles. The molecule has 0 fully saturated rings. The SMILES string of the molecule is O=C(O)CS(=O)(=O)Nc1ccc2cn[nH]c2c1. The van der Waals surface area contributed by atoms with Crippen LogP contribution < -0.4 is 4.72 Å². The van der Waals surface area contributed by atoms with Crippen LogP contribution in [-0.2, 0) is 14.8 Å². The second-order valence-electron chi connectivity index (χ2n) is 3.43. The highest BCUT2D eigenvalue weighted by Gasteiger charge is 2.15. The molecule has 0 saturated heterocycles. The number of anilines is 1. The van der Waals surface area contributed by atoms with Gasteiger partial charge < -0.3 is 5.11 Å². The van der Waals surface area contributed by atoms with Crippen molar-refractivity contribution < 1.29 is 18.3 Å². The van der Waals surface area contributed by atoms with Crippen molar-refractivity contribution in [1.82, 2.24) is 10.2 Å². The number of aromatic nitrogens is 2. The number of H-pyrrole nitrogens is 1. The van der Waals surface area contributed by atoms with Crippen LogP contribution in [0.25, 0.3) is 10.9 Å². The Balaban J connectivity index is 2.26. The summed E-state index contributed by atoms with van der Waals surface area (Å²) in [5.74, 6) is -2.37. The molecule has 7 nitrogen and oxygen atoms in total. The number of hydrogen-bond acceptors (Lipinski definition) is 4. The number of rotatable bonds is 4. The summed E-state index contributed by atoms with van der Waals surface area (Å²) < 4.78 is 24.9. The van der Waals surface area contributed by atoms with E-state index >= 15 is 0 Å². The Bertz CT molecular complexity index is 662. The minimum atomic E-state index is -3.87. The van der Waals surface area contributed by atoms with E-state index in [-0.39, 0.29) is 0 Å². The van der Waals surface area contributed by atoms with Gasteiger partial charge in [0.25, 0.3) is 0 Å². The van der Waals surface area contributed by atoms with Crippen LogP contribution in [0.4, 0.5) is 5.69 Å². The lowest BCUT2D eigenvalue weighted by Gasteiger charge is -2.05. The van der Waals surface area contributed by atoms with E-state index in [1.165, 1.54) is 6.07 Å². The van der Waals surface area contributed by atoms with Gasteiger partial charge in [0.1, 0.15) is 0 Å². The average molecular weight is 255 g/mol. The number of hydrogen-bond donors (Lipinski definition) is 3. The number of carboxylic acids is 1. The Kier molecular flexibility index (Phi) is 2.72. The molecule has 1 heterocycles. The van der Waals surface area contributed by atoms with Crippen LogP contribution in [-0.4, -0.2) is 35.4 Å². The molecular weight excluding hydrogens is 246 g/mol. The van der Waals surface area contributed by atoms with E-state index in [9.17, 15) is 13.2 Å². The maximum absolute atomic E-state index is 11.4. The zero-order chi connectivity index (χ0) is 12.5. The molecule has 0 radical (unpaired) electrons. The number of aromatic amines is 1. The molecule has 2 aromatic rings. The summed E-state index contributed by atoms with van der Waals surface area (Å²) in [5, 5.41) is 15.7. The lowest BCUT2D eigenvalue weighted by molar-refractivity contribution is -0.134. The van der Waals surface area contributed by atoms with Gasteiger partial charge in [0.2, 0.25) is 10.0 Å². The van der Waals surface area contributed by atoms with Crippen molar-refractivity contribution in [2.75, 3.05) is 10.5 Å². The lowest BCUT2D eigenvalue weighted by atomic mass is 10.2. The summed E-state index contributed by atoms with van der Waals surface area (Å²) in [6, 6.07) is 4.76. The number of benzene rings is 1. The van der Waals surface area contributed by atoms with Gasteiger partial charge in [-0.05, 0) is 18.2 Å². The second kappa shape index (κ2) is 4.06. The minimum Gasteiger partial charge on any atom is -0.480 e. The van der Waals surface area contributed by atoms with Gasteiger partial charge in [-0.3, -0.25) is 14.6 Å². The number of nitrogens with one attached hydrogen (secondary N) is 2. The zero-order valence-electron chi connectivity index (χ0n) is 8.54. The normalized spacial score (nSPS) is 11.5. The van der Waals surface area contributed by atoms with Crippen LogP contribution >= 0.6 is 0 Å². The Labute approximate surface area is 96.5 Å². The van der Waals surface area contributed by atoms with Crippen molar-refractivity contribution in [2.24, 2.45) is 0 Å². The van der Waals surface area contributed by atoms with Crippen LogP contribution in [0, 0.1) is 0 Å². The predicted molar refractivity (Wildman–Crippen MR) is 61.1 cm³/mol. The molecule has 1 aromatic heterocycles. The summed E-state index contributed by atoms with van der Waals surface area (Å²) >= 11 is 0. The van der Waals surface area contributed by atoms with Gasteiger partial charge in [0.05, 0.1) is 17.4 Å². The first-order valence-corrected chi connectivity index (χ1v) is 6.27. The number of carboxylic acid groups (broad SMARTS) is 1. The minimum absolute atomic E-state index is 0.294. The fraction of sp³-hybridized carbons (Fsp3) is 0.111. The second-order valence-corrected chi connectivity index (χ2v) is 5.15. The van der Waals surface area contributed by atoms with Crippen LogP contribution in [0.1, 0.15) is 0 Å². The molecule has 0 aliphatic rings. The number of nitrogens with zero attached hydrogens (tertiary/aromatic N) is 1. The van der Waals surface area contributed by atoms with Crippen molar-refractivity contribution in [3.63, 3.8) is 0 Å². The third kappa shape index (κ3) is 2.72. The Morgan fingerprint density at radius 2 is 2.24 bits per heavy atom. The first kappa shape index (κ1) is 11.4. The molecule has 17 heavy (non-hydrogen) atoms. The van der Waals surface area contributed by atoms with Gasteiger partial charge >= 0.3 is 5.97 Å². The number of fused-ring (bicyclic) bond motifs is 1. The number of sulfonamides is 1. The standard InChI is InChI=1S/C9H9N3O4S/c13-9(14)5-17(15,16)12-7-2-1-6-4-10-11-8(6)3-7/h1-4,12H,5H2,(H,10,11)(H,13,14). The van der Waals surface area contributed by atoms with Gasteiger partial charge in [-0.15, -0.1) is 0 Å². The molecule has 2 rings (SSSR count). The van der Waals surface area contributed by atoms with E-state index in [1.807, 2.05) is 0 Å². The summed E-state index contributed by atoms with van der Waals surface area (Å²) in [4.78, 5) is 10.3. The third-order valence-electron chi connectivity index (χ3n) is 2.03. The Hall–Kier alpha value is -2.09. The summed E-state index contributed by atoms with van der Waals surface area (Å²) in [6.45, 7) is 0. The largest absolute Gasteiger partial charge is 0.480 e. The molecule has 0 aliphatic heterocycles. The first-order chi connectivity index (χ1) is 7.96. The van der Waals surface area contributed by atoms with Crippen LogP contribution in [0.2, 0.25) is 0 Å². The van der Waals surface area contributed by atoms with E-state index in [1.54, 1.807) is 18.3 Å². The van der Waals surface area contributed by atoms with Crippen molar-refractivity contribution in [3.8, 4) is 0 Å².